The molecule has 3 aromatic rings. The number of carbonyl (C=O) groups excluding carboxylic acids is 1. The van der Waals surface area contributed by atoms with E-state index in [9.17, 15) is 4.79 Å². The van der Waals surface area contributed by atoms with Gasteiger partial charge in [0.05, 0.1) is 24.4 Å². The number of fused-ring (bicyclic) bond motifs is 1. The minimum atomic E-state index is -0.0124. The number of thiazole rings is 1. The largest absolute Gasteiger partial charge is 0.498 e. The molecule has 0 bridgehead atoms. The number of amides is 1. The van der Waals surface area contributed by atoms with Crippen LogP contribution in [-0.2, 0) is 9.53 Å². The zero-order valence-electron chi connectivity index (χ0n) is 17.9. The molecule has 1 fully saturated rings. The Labute approximate surface area is 184 Å². The monoisotopic (exact) mass is 441 g/mol. The van der Waals surface area contributed by atoms with E-state index in [-0.39, 0.29) is 24.0 Å². The molecular weight excluding hydrogens is 414 g/mol. The van der Waals surface area contributed by atoms with Gasteiger partial charge >= 0.3 is 0 Å². The molecule has 4 rings (SSSR count). The molecule has 164 valence electrons. The molecule has 3 N–H and O–H groups in total. The van der Waals surface area contributed by atoms with E-state index < -0.39 is 0 Å². The number of aromatic nitrogens is 5. The molecule has 0 unspecified atom stereocenters. The van der Waals surface area contributed by atoms with E-state index in [2.05, 4.69) is 29.8 Å². The van der Waals surface area contributed by atoms with Crippen LogP contribution in [0, 0.1) is 12.8 Å². The zero-order chi connectivity index (χ0) is 22.0. The summed E-state index contributed by atoms with van der Waals surface area (Å²) in [7, 11) is 0. The first-order valence-electron chi connectivity index (χ1n) is 10.5. The smallest absolute Gasteiger partial charge is 0.229 e. The lowest BCUT2D eigenvalue weighted by Gasteiger charge is -2.28. The first kappa shape index (κ1) is 21.2. The normalized spacial score (nSPS) is 19.4. The predicted octanol–water partition coefficient (Wildman–Crippen LogP) is 3.94. The van der Waals surface area contributed by atoms with Gasteiger partial charge in [0, 0.05) is 23.4 Å². The van der Waals surface area contributed by atoms with Gasteiger partial charge in [-0.25, -0.2) is 19.9 Å². The molecule has 1 amide bonds. The number of nitrogens with one attached hydrogen (secondary N) is 1. The molecule has 3 heterocycles. The number of nitrogen functional groups attached to an aromatic ring is 1. The first-order chi connectivity index (χ1) is 14.9. The second-order valence-electron chi connectivity index (χ2n) is 8.07. The van der Waals surface area contributed by atoms with E-state index in [4.69, 9.17) is 10.5 Å². The standard InChI is InChI=1S/C21H27N7O2S/c1-12(2)30-9-8-16-25-18(22)17-19(26-16)28(11-23-17)15-6-4-14(5-7-15)20(29)27-21-24-13(3)10-31-21/h8-12,14-15H,4-7H2,1-3H3,(H2,22,25,26)(H,24,27,29)/b9-8-/t14-,15+. The van der Waals surface area contributed by atoms with Crippen LogP contribution in [0.1, 0.15) is 57.1 Å². The van der Waals surface area contributed by atoms with Gasteiger partial charge in [-0.2, -0.15) is 0 Å². The maximum atomic E-state index is 12.6. The van der Waals surface area contributed by atoms with E-state index in [1.165, 1.54) is 11.3 Å². The van der Waals surface area contributed by atoms with Crippen molar-refractivity contribution in [2.75, 3.05) is 11.1 Å². The quantitative estimate of drug-likeness (QED) is 0.556. The second-order valence-corrected chi connectivity index (χ2v) is 8.93. The van der Waals surface area contributed by atoms with Crippen LogP contribution in [0.5, 0.6) is 0 Å². The van der Waals surface area contributed by atoms with Crippen molar-refractivity contribution in [3.63, 3.8) is 0 Å². The van der Waals surface area contributed by atoms with Gasteiger partial charge in [0.15, 0.2) is 22.4 Å². The molecule has 31 heavy (non-hydrogen) atoms. The lowest BCUT2D eigenvalue weighted by Crippen LogP contribution is -2.28. The van der Waals surface area contributed by atoms with Gasteiger partial charge in [0.2, 0.25) is 5.91 Å². The van der Waals surface area contributed by atoms with Crippen LogP contribution in [-0.4, -0.2) is 36.5 Å². The van der Waals surface area contributed by atoms with Crippen LogP contribution in [0.2, 0.25) is 0 Å². The number of nitrogens with zero attached hydrogens (tertiary/aromatic N) is 5. The highest BCUT2D eigenvalue weighted by Gasteiger charge is 2.29. The number of hydrogen-bond donors (Lipinski definition) is 2. The van der Waals surface area contributed by atoms with E-state index in [1.807, 2.05) is 26.2 Å². The second kappa shape index (κ2) is 9.01. The Kier molecular flexibility index (Phi) is 6.17. The maximum Gasteiger partial charge on any atom is 0.229 e. The van der Waals surface area contributed by atoms with E-state index in [0.29, 0.717) is 27.9 Å². The van der Waals surface area contributed by atoms with Gasteiger partial charge in [-0.05, 0) is 46.5 Å². The molecule has 1 aliphatic rings. The average molecular weight is 442 g/mol. The minimum Gasteiger partial charge on any atom is -0.498 e. The van der Waals surface area contributed by atoms with E-state index in [0.717, 1.165) is 31.4 Å². The Balaban J connectivity index is 1.45. The zero-order valence-corrected chi connectivity index (χ0v) is 18.7. The van der Waals surface area contributed by atoms with Crippen LogP contribution in [0.3, 0.4) is 0 Å². The molecule has 3 aromatic heterocycles. The van der Waals surface area contributed by atoms with Crippen molar-refractivity contribution >= 4 is 45.4 Å². The third-order valence-electron chi connectivity index (χ3n) is 5.34. The Morgan fingerprint density at radius 3 is 2.74 bits per heavy atom. The Bertz CT molecular complexity index is 1100. The summed E-state index contributed by atoms with van der Waals surface area (Å²) < 4.78 is 7.50. The lowest BCUT2D eigenvalue weighted by atomic mass is 9.85. The van der Waals surface area contributed by atoms with Crippen molar-refractivity contribution in [1.82, 2.24) is 24.5 Å². The van der Waals surface area contributed by atoms with Crippen molar-refractivity contribution in [2.24, 2.45) is 5.92 Å². The van der Waals surface area contributed by atoms with E-state index >= 15 is 0 Å². The van der Waals surface area contributed by atoms with Crippen LogP contribution >= 0.6 is 11.3 Å². The number of carbonyl (C=O) groups is 1. The number of hydrogen-bond acceptors (Lipinski definition) is 8. The summed E-state index contributed by atoms with van der Waals surface area (Å²) in [6.45, 7) is 5.82. The van der Waals surface area contributed by atoms with Gasteiger partial charge in [-0.3, -0.25) is 4.79 Å². The summed E-state index contributed by atoms with van der Waals surface area (Å²) in [5, 5.41) is 5.55. The van der Waals surface area contributed by atoms with Crippen LogP contribution in [0.15, 0.2) is 18.0 Å². The van der Waals surface area contributed by atoms with Crippen molar-refractivity contribution in [2.45, 2.75) is 58.6 Å². The molecule has 1 saturated carbocycles. The van der Waals surface area contributed by atoms with Gasteiger partial charge in [-0.15, -0.1) is 11.3 Å². The fraction of sp³-hybridized carbons (Fsp3) is 0.476. The fourth-order valence-corrected chi connectivity index (χ4v) is 4.48. The third kappa shape index (κ3) is 4.84. The third-order valence-corrected chi connectivity index (χ3v) is 6.22. The highest BCUT2D eigenvalue weighted by molar-refractivity contribution is 7.13. The van der Waals surface area contributed by atoms with Crippen LogP contribution in [0.4, 0.5) is 10.9 Å². The number of ether oxygens (including phenoxy) is 1. The first-order valence-corrected chi connectivity index (χ1v) is 11.3. The molecule has 10 heteroatoms. The number of anilines is 2. The van der Waals surface area contributed by atoms with E-state index in [1.54, 1.807) is 18.7 Å². The van der Waals surface area contributed by atoms with Gasteiger partial charge in [-0.1, -0.05) is 0 Å². The van der Waals surface area contributed by atoms with Crippen molar-refractivity contribution in [3.8, 4) is 0 Å². The minimum absolute atomic E-state index is 0.0124. The maximum absolute atomic E-state index is 12.6. The topological polar surface area (TPSA) is 121 Å². The SMILES string of the molecule is Cc1csc(NC(=O)[C@H]2CC[C@@H](n3cnc4c(N)nc(/C=C\OC(C)C)nc43)CC2)n1. The Morgan fingerprint density at radius 1 is 1.29 bits per heavy atom. The molecule has 0 spiro atoms. The number of imidazole rings is 1. The molecule has 0 aliphatic heterocycles. The fourth-order valence-electron chi connectivity index (χ4n) is 3.79. The number of aryl methyl sites for hydroxylation is 1. The summed E-state index contributed by atoms with van der Waals surface area (Å²) in [6, 6.07) is 0.217. The lowest BCUT2D eigenvalue weighted by molar-refractivity contribution is -0.120. The van der Waals surface area contributed by atoms with Crippen LogP contribution < -0.4 is 11.1 Å². The molecule has 1 aliphatic carbocycles. The van der Waals surface area contributed by atoms with Crippen molar-refractivity contribution in [1.29, 1.82) is 0 Å². The van der Waals surface area contributed by atoms with Gasteiger partial charge in [0.1, 0.15) is 5.52 Å². The van der Waals surface area contributed by atoms with Crippen molar-refractivity contribution < 1.29 is 9.53 Å². The number of rotatable bonds is 6. The Hall–Kier alpha value is -3.01. The summed E-state index contributed by atoms with van der Waals surface area (Å²) in [5.74, 6) is 0.869. The highest BCUT2D eigenvalue weighted by Crippen LogP contribution is 2.35. The van der Waals surface area contributed by atoms with Gasteiger partial charge < -0.3 is 20.4 Å². The summed E-state index contributed by atoms with van der Waals surface area (Å²) in [4.78, 5) is 30.3. The Morgan fingerprint density at radius 2 is 2.06 bits per heavy atom. The van der Waals surface area contributed by atoms with Crippen molar-refractivity contribution in [3.05, 3.63) is 29.5 Å². The summed E-state index contributed by atoms with van der Waals surface area (Å²) in [6.07, 6.45) is 8.48. The molecule has 0 aromatic carbocycles. The predicted molar refractivity (Wildman–Crippen MR) is 121 cm³/mol. The summed E-state index contributed by atoms with van der Waals surface area (Å²) in [5.41, 5.74) is 8.34. The molecule has 0 atom stereocenters. The van der Waals surface area contributed by atoms with Gasteiger partial charge in [0.25, 0.3) is 0 Å². The highest BCUT2D eigenvalue weighted by atomic mass is 32.1. The molecule has 0 saturated heterocycles. The number of nitrogens with two attached hydrogens (primary N) is 1. The molecule has 0 radical (unpaired) electrons. The molecular formula is C21H27N7O2S. The molecule has 9 nitrogen and oxygen atoms in total. The summed E-state index contributed by atoms with van der Waals surface area (Å²) >= 11 is 1.46. The van der Waals surface area contributed by atoms with Crippen LogP contribution in [0.25, 0.3) is 17.2 Å². The average Bonchev–Trinajstić information content (AvgIpc) is 3.34.